The van der Waals surface area contributed by atoms with E-state index in [1.807, 2.05) is 6.07 Å². The SMILES string of the molecule is CC1(C)COC1c1ccc(C2OCC2(C)C)c(Cl)c1. The molecule has 2 saturated heterocycles. The highest BCUT2D eigenvalue weighted by atomic mass is 35.5. The third kappa shape index (κ3) is 2.10. The van der Waals surface area contributed by atoms with Crippen molar-refractivity contribution in [2.45, 2.75) is 39.9 Å². The molecule has 104 valence electrons. The van der Waals surface area contributed by atoms with Crippen molar-refractivity contribution in [2.24, 2.45) is 10.8 Å². The van der Waals surface area contributed by atoms with Crippen LogP contribution < -0.4 is 0 Å². The van der Waals surface area contributed by atoms with Crippen LogP contribution in [0.1, 0.15) is 51.0 Å². The Balaban J connectivity index is 1.87. The fourth-order valence-electron chi connectivity index (χ4n) is 2.98. The minimum absolute atomic E-state index is 0.115. The van der Waals surface area contributed by atoms with Crippen LogP contribution in [-0.4, -0.2) is 13.2 Å². The fourth-order valence-corrected chi connectivity index (χ4v) is 3.27. The lowest BCUT2D eigenvalue weighted by Gasteiger charge is -2.46. The summed E-state index contributed by atoms with van der Waals surface area (Å²) in [5, 5.41) is 0.793. The van der Waals surface area contributed by atoms with E-state index in [2.05, 4.69) is 39.8 Å². The Bertz CT molecular complexity index is 507. The van der Waals surface area contributed by atoms with Gasteiger partial charge in [0, 0.05) is 21.4 Å². The zero-order valence-corrected chi connectivity index (χ0v) is 12.8. The minimum Gasteiger partial charge on any atom is -0.372 e. The van der Waals surface area contributed by atoms with Crippen molar-refractivity contribution >= 4 is 11.6 Å². The van der Waals surface area contributed by atoms with Crippen molar-refractivity contribution in [2.75, 3.05) is 13.2 Å². The second-order valence-corrected chi connectivity index (χ2v) is 7.55. The van der Waals surface area contributed by atoms with Gasteiger partial charge in [0.2, 0.25) is 0 Å². The number of rotatable bonds is 2. The van der Waals surface area contributed by atoms with E-state index in [4.69, 9.17) is 21.1 Å². The molecule has 0 saturated carbocycles. The molecule has 19 heavy (non-hydrogen) atoms. The molecule has 0 amide bonds. The van der Waals surface area contributed by atoms with Gasteiger partial charge >= 0.3 is 0 Å². The lowest BCUT2D eigenvalue weighted by atomic mass is 9.76. The van der Waals surface area contributed by atoms with Gasteiger partial charge in [-0.3, -0.25) is 0 Å². The molecule has 1 aromatic carbocycles. The average molecular weight is 281 g/mol. The molecule has 0 spiro atoms. The molecule has 0 radical (unpaired) electrons. The molecule has 0 bridgehead atoms. The van der Waals surface area contributed by atoms with E-state index in [1.54, 1.807) is 0 Å². The van der Waals surface area contributed by atoms with E-state index in [0.29, 0.717) is 0 Å². The van der Waals surface area contributed by atoms with Gasteiger partial charge < -0.3 is 9.47 Å². The summed E-state index contributed by atoms with van der Waals surface area (Å²) in [5.74, 6) is 0. The van der Waals surface area contributed by atoms with Crippen molar-refractivity contribution in [3.05, 3.63) is 34.3 Å². The number of hydrogen-bond donors (Lipinski definition) is 0. The van der Waals surface area contributed by atoms with E-state index in [-0.39, 0.29) is 23.0 Å². The molecular formula is C16H21ClO2. The van der Waals surface area contributed by atoms with Gasteiger partial charge in [0.05, 0.1) is 25.4 Å². The molecule has 0 aromatic heterocycles. The quantitative estimate of drug-likeness (QED) is 0.792. The Morgan fingerprint density at radius 3 is 1.95 bits per heavy atom. The second kappa shape index (κ2) is 4.21. The first-order valence-electron chi connectivity index (χ1n) is 6.84. The number of halogens is 1. The van der Waals surface area contributed by atoms with Crippen LogP contribution in [0.2, 0.25) is 5.02 Å². The maximum atomic E-state index is 6.45. The largest absolute Gasteiger partial charge is 0.372 e. The highest BCUT2D eigenvalue weighted by molar-refractivity contribution is 6.31. The first-order chi connectivity index (χ1) is 8.81. The van der Waals surface area contributed by atoms with Gasteiger partial charge in [-0.2, -0.15) is 0 Å². The van der Waals surface area contributed by atoms with Crippen LogP contribution in [0.3, 0.4) is 0 Å². The number of ether oxygens (including phenoxy) is 2. The Hall–Kier alpha value is -0.570. The Labute approximate surface area is 120 Å². The van der Waals surface area contributed by atoms with E-state index in [1.165, 1.54) is 5.56 Å². The van der Waals surface area contributed by atoms with Crippen molar-refractivity contribution in [1.29, 1.82) is 0 Å². The summed E-state index contributed by atoms with van der Waals surface area (Å²) in [6.07, 6.45) is 0.277. The van der Waals surface area contributed by atoms with Crippen molar-refractivity contribution in [3.63, 3.8) is 0 Å². The Morgan fingerprint density at radius 1 is 1.00 bits per heavy atom. The van der Waals surface area contributed by atoms with Gasteiger partial charge in [0.25, 0.3) is 0 Å². The zero-order valence-electron chi connectivity index (χ0n) is 12.0. The number of benzene rings is 1. The predicted molar refractivity (Wildman–Crippen MR) is 76.4 cm³/mol. The van der Waals surface area contributed by atoms with E-state index < -0.39 is 0 Å². The van der Waals surface area contributed by atoms with Crippen molar-refractivity contribution < 1.29 is 9.47 Å². The van der Waals surface area contributed by atoms with Crippen LogP contribution in [0.5, 0.6) is 0 Å². The van der Waals surface area contributed by atoms with Crippen LogP contribution in [-0.2, 0) is 9.47 Å². The summed E-state index contributed by atoms with van der Waals surface area (Å²) in [4.78, 5) is 0. The molecule has 3 rings (SSSR count). The lowest BCUT2D eigenvalue weighted by Crippen LogP contribution is -2.41. The molecule has 2 aliphatic heterocycles. The van der Waals surface area contributed by atoms with Crippen LogP contribution in [0, 0.1) is 10.8 Å². The van der Waals surface area contributed by atoms with Crippen LogP contribution in [0.25, 0.3) is 0 Å². The summed E-state index contributed by atoms with van der Waals surface area (Å²) >= 11 is 6.45. The van der Waals surface area contributed by atoms with Crippen molar-refractivity contribution in [1.82, 2.24) is 0 Å². The molecular weight excluding hydrogens is 260 g/mol. The predicted octanol–water partition coefficient (Wildman–Crippen LogP) is 4.54. The molecule has 2 atom stereocenters. The summed E-state index contributed by atoms with van der Waals surface area (Å²) in [6.45, 7) is 10.5. The second-order valence-electron chi connectivity index (χ2n) is 7.14. The van der Waals surface area contributed by atoms with Crippen LogP contribution in [0.4, 0.5) is 0 Å². The van der Waals surface area contributed by atoms with Crippen LogP contribution in [0.15, 0.2) is 18.2 Å². The van der Waals surface area contributed by atoms with Gasteiger partial charge in [0.1, 0.15) is 0 Å². The van der Waals surface area contributed by atoms with Gasteiger partial charge in [-0.05, 0) is 11.6 Å². The fraction of sp³-hybridized carbons (Fsp3) is 0.625. The van der Waals surface area contributed by atoms with Crippen molar-refractivity contribution in [3.8, 4) is 0 Å². The Morgan fingerprint density at radius 2 is 1.58 bits per heavy atom. The molecule has 0 N–H and O–H groups in total. The lowest BCUT2D eigenvalue weighted by molar-refractivity contribution is -0.173. The van der Waals surface area contributed by atoms with E-state index in [9.17, 15) is 0 Å². The molecule has 1 aromatic rings. The summed E-state index contributed by atoms with van der Waals surface area (Å²) < 4.78 is 11.4. The topological polar surface area (TPSA) is 18.5 Å². The van der Waals surface area contributed by atoms with Gasteiger partial charge in [0.15, 0.2) is 0 Å². The molecule has 2 nitrogen and oxygen atoms in total. The summed E-state index contributed by atoms with van der Waals surface area (Å²) in [5.41, 5.74) is 2.65. The van der Waals surface area contributed by atoms with Gasteiger partial charge in [-0.1, -0.05) is 51.4 Å². The van der Waals surface area contributed by atoms with Crippen LogP contribution >= 0.6 is 11.6 Å². The first-order valence-corrected chi connectivity index (χ1v) is 7.22. The minimum atomic E-state index is 0.115. The summed E-state index contributed by atoms with van der Waals surface area (Å²) in [6, 6.07) is 6.27. The van der Waals surface area contributed by atoms with Gasteiger partial charge in [-0.25, -0.2) is 0 Å². The monoisotopic (exact) mass is 280 g/mol. The van der Waals surface area contributed by atoms with E-state index >= 15 is 0 Å². The normalized spacial score (nSPS) is 31.4. The molecule has 2 heterocycles. The van der Waals surface area contributed by atoms with Gasteiger partial charge in [-0.15, -0.1) is 0 Å². The first kappa shape index (κ1) is 13.4. The maximum absolute atomic E-state index is 6.45. The van der Waals surface area contributed by atoms with E-state index in [0.717, 1.165) is 23.8 Å². The third-order valence-electron chi connectivity index (χ3n) is 4.27. The molecule has 0 aliphatic carbocycles. The molecule has 2 aliphatic rings. The summed E-state index contributed by atoms with van der Waals surface area (Å²) in [7, 11) is 0. The highest BCUT2D eigenvalue weighted by Crippen LogP contribution is 2.50. The molecule has 2 unspecified atom stereocenters. The molecule has 3 heteroatoms. The zero-order chi connectivity index (χ0) is 13.8. The molecule has 2 fully saturated rings. The average Bonchev–Trinajstić information content (AvgIpc) is 2.30. The maximum Gasteiger partial charge on any atom is 0.0912 e. The standard InChI is InChI=1S/C16H21ClO2/c1-15(2)8-18-13(15)10-5-6-11(12(17)7-10)14-16(3,4)9-19-14/h5-7,13-14H,8-9H2,1-4H3. The Kier molecular flexibility index (Phi) is 2.97. The smallest absolute Gasteiger partial charge is 0.0912 e. The number of hydrogen-bond acceptors (Lipinski definition) is 2. The third-order valence-corrected chi connectivity index (χ3v) is 4.60. The highest BCUT2D eigenvalue weighted by Gasteiger charge is 2.44.